The van der Waals surface area contributed by atoms with Gasteiger partial charge in [0.2, 0.25) is 5.91 Å². The van der Waals surface area contributed by atoms with Crippen LogP contribution in [0.25, 0.3) is 0 Å². The van der Waals surface area contributed by atoms with Crippen molar-refractivity contribution in [3.8, 4) is 0 Å². The first-order valence-corrected chi connectivity index (χ1v) is 4.25. The van der Waals surface area contributed by atoms with Gasteiger partial charge in [0.1, 0.15) is 6.29 Å². The summed E-state index contributed by atoms with van der Waals surface area (Å²) in [7, 11) is 1.70. The highest BCUT2D eigenvalue weighted by molar-refractivity contribution is 5.78. The maximum atomic E-state index is 11.2. The Hall–Kier alpha value is -1.16. The van der Waals surface area contributed by atoms with Crippen LogP contribution in [0.15, 0.2) is 12.2 Å². The minimum absolute atomic E-state index is 0.0197. The summed E-state index contributed by atoms with van der Waals surface area (Å²) >= 11 is 0. The quantitative estimate of drug-likeness (QED) is 0.464. The molecule has 0 atom stereocenters. The van der Waals surface area contributed by atoms with Crippen LogP contribution in [-0.2, 0) is 9.59 Å². The molecular formula is C9H16N2O2. The lowest BCUT2D eigenvalue weighted by atomic mass is 10.3. The Morgan fingerprint density at radius 2 is 2.15 bits per heavy atom. The summed E-state index contributed by atoms with van der Waals surface area (Å²) in [5.41, 5.74) is 5.23. The molecule has 0 aromatic heterocycles. The largest absolute Gasteiger partial charge is 0.342 e. The third-order valence-corrected chi connectivity index (χ3v) is 1.58. The van der Waals surface area contributed by atoms with E-state index >= 15 is 0 Å². The molecule has 4 heteroatoms. The van der Waals surface area contributed by atoms with E-state index in [1.165, 1.54) is 0 Å². The SMILES string of the molecule is CN(C/C=C/CN)C(=O)CCC=O. The molecule has 1 amide bonds. The van der Waals surface area contributed by atoms with Gasteiger partial charge < -0.3 is 15.4 Å². The number of rotatable bonds is 6. The molecule has 0 heterocycles. The van der Waals surface area contributed by atoms with Crippen LogP contribution in [0.2, 0.25) is 0 Å². The number of amides is 1. The Morgan fingerprint density at radius 3 is 2.69 bits per heavy atom. The lowest BCUT2D eigenvalue weighted by Gasteiger charge is -2.13. The molecule has 0 aliphatic heterocycles. The van der Waals surface area contributed by atoms with Gasteiger partial charge in [-0.05, 0) is 0 Å². The summed E-state index contributed by atoms with van der Waals surface area (Å²) in [6.07, 6.45) is 4.96. The summed E-state index contributed by atoms with van der Waals surface area (Å²) < 4.78 is 0. The summed E-state index contributed by atoms with van der Waals surface area (Å²) in [6, 6.07) is 0. The number of likely N-dealkylation sites (N-methyl/N-ethyl adjacent to an activating group) is 1. The highest BCUT2D eigenvalue weighted by atomic mass is 16.2. The fraction of sp³-hybridized carbons (Fsp3) is 0.556. The van der Waals surface area contributed by atoms with Crippen LogP contribution < -0.4 is 5.73 Å². The first-order valence-electron chi connectivity index (χ1n) is 4.25. The van der Waals surface area contributed by atoms with E-state index in [0.717, 1.165) is 6.29 Å². The molecule has 0 unspecified atom stereocenters. The van der Waals surface area contributed by atoms with E-state index in [-0.39, 0.29) is 12.3 Å². The first-order chi connectivity index (χ1) is 6.22. The zero-order valence-corrected chi connectivity index (χ0v) is 7.90. The Labute approximate surface area is 78.4 Å². The van der Waals surface area contributed by atoms with Gasteiger partial charge in [0, 0.05) is 33.0 Å². The van der Waals surface area contributed by atoms with Gasteiger partial charge in [0.05, 0.1) is 0 Å². The first kappa shape index (κ1) is 11.8. The molecule has 0 rings (SSSR count). The van der Waals surface area contributed by atoms with Gasteiger partial charge >= 0.3 is 0 Å². The van der Waals surface area contributed by atoms with Crippen molar-refractivity contribution in [2.45, 2.75) is 12.8 Å². The van der Waals surface area contributed by atoms with Gasteiger partial charge in [-0.3, -0.25) is 4.79 Å². The third kappa shape index (κ3) is 6.04. The number of carbonyl (C=O) groups excluding carboxylic acids is 2. The molecule has 4 nitrogen and oxygen atoms in total. The molecule has 0 aliphatic carbocycles. The molecule has 0 aromatic rings. The topological polar surface area (TPSA) is 63.4 Å². The Kier molecular flexibility index (Phi) is 6.82. The van der Waals surface area contributed by atoms with Gasteiger partial charge in [-0.15, -0.1) is 0 Å². The molecular weight excluding hydrogens is 168 g/mol. The zero-order valence-electron chi connectivity index (χ0n) is 7.90. The minimum Gasteiger partial charge on any atom is -0.342 e. The molecule has 0 fully saturated rings. The van der Waals surface area contributed by atoms with Crippen molar-refractivity contribution in [3.05, 3.63) is 12.2 Å². The summed E-state index contributed by atoms with van der Waals surface area (Å²) in [5, 5.41) is 0. The van der Waals surface area contributed by atoms with Crippen molar-refractivity contribution in [1.29, 1.82) is 0 Å². The molecule has 13 heavy (non-hydrogen) atoms. The highest BCUT2D eigenvalue weighted by Gasteiger charge is 2.04. The Morgan fingerprint density at radius 1 is 1.46 bits per heavy atom. The molecule has 74 valence electrons. The van der Waals surface area contributed by atoms with Crippen LogP contribution in [-0.4, -0.2) is 37.2 Å². The fourth-order valence-corrected chi connectivity index (χ4v) is 0.804. The molecule has 0 radical (unpaired) electrons. The molecule has 0 saturated carbocycles. The minimum atomic E-state index is -0.0197. The zero-order chi connectivity index (χ0) is 10.1. The van der Waals surface area contributed by atoms with E-state index in [9.17, 15) is 9.59 Å². The summed E-state index contributed by atoms with van der Waals surface area (Å²) in [6.45, 7) is 1.03. The van der Waals surface area contributed by atoms with E-state index in [1.54, 1.807) is 18.0 Å². The van der Waals surface area contributed by atoms with Crippen molar-refractivity contribution >= 4 is 12.2 Å². The van der Waals surface area contributed by atoms with Crippen LogP contribution in [0.3, 0.4) is 0 Å². The average molecular weight is 184 g/mol. The normalized spacial score (nSPS) is 10.3. The second kappa shape index (κ2) is 7.49. The third-order valence-electron chi connectivity index (χ3n) is 1.58. The smallest absolute Gasteiger partial charge is 0.223 e. The van der Waals surface area contributed by atoms with Crippen molar-refractivity contribution < 1.29 is 9.59 Å². The van der Waals surface area contributed by atoms with Crippen LogP contribution in [0, 0.1) is 0 Å². The van der Waals surface area contributed by atoms with E-state index < -0.39 is 0 Å². The van der Waals surface area contributed by atoms with Gasteiger partial charge in [-0.25, -0.2) is 0 Å². The van der Waals surface area contributed by atoms with Gasteiger partial charge in [0.15, 0.2) is 0 Å². The van der Waals surface area contributed by atoms with Gasteiger partial charge in [-0.2, -0.15) is 0 Å². The summed E-state index contributed by atoms with van der Waals surface area (Å²) in [4.78, 5) is 22.8. The van der Waals surface area contributed by atoms with Crippen LogP contribution in [0.1, 0.15) is 12.8 Å². The van der Waals surface area contributed by atoms with Crippen molar-refractivity contribution in [2.75, 3.05) is 20.1 Å². The average Bonchev–Trinajstić information content (AvgIpc) is 2.14. The highest BCUT2D eigenvalue weighted by Crippen LogP contribution is 1.93. The Bertz CT molecular complexity index is 190. The predicted octanol–water partition coefficient (Wildman–Crippen LogP) is -0.0612. The molecule has 0 aromatic carbocycles. The maximum absolute atomic E-state index is 11.2. The number of nitrogens with zero attached hydrogens (tertiary/aromatic N) is 1. The molecule has 0 bridgehead atoms. The van der Waals surface area contributed by atoms with Crippen molar-refractivity contribution in [2.24, 2.45) is 5.73 Å². The maximum Gasteiger partial charge on any atom is 0.223 e. The van der Waals surface area contributed by atoms with Crippen LogP contribution in [0.5, 0.6) is 0 Å². The second-order valence-corrected chi connectivity index (χ2v) is 2.69. The van der Waals surface area contributed by atoms with Crippen LogP contribution in [0.4, 0.5) is 0 Å². The van der Waals surface area contributed by atoms with Crippen molar-refractivity contribution in [3.63, 3.8) is 0 Å². The fourth-order valence-electron chi connectivity index (χ4n) is 0.804. The standard InChI is InChI=1S/C9H16N2O2/c1-11(7-3-2-6-10)9(13)5-4-8-12/h2-3,8H,4-7,10H2,1H3/b3-2+. The van der Waals surface area contributed by atoms with E-state index in [1.807, 2.05) is 6.08 Å². The lowest BCUT2D eigenvalue weighted by Crippen LogP contribution is -2.26. The molecule has 0 aliphatic rings. The van der Waals surface area contributed by atoms with Gasteiger partial charge in [0.25, 0.3) is 0 Å². The number of nitrogens with two attached hydrogens (primary N) is 1. The second-order valence-electron chi connectivity index (χ2n) is 2.69. The summed E-state index contributed by atoms with van der Waals surface area (Å²) in [5.74, 6) is -0.0197. The van der Waals surface area contributed by atoms with Gasteiger partial charge in [-0.1, -0.05) is 12.2 Å². The molecule has 0 spiro atoms. The van der Waals surface area contributed by atoms with E-state index in [4.69, 9.17) is 5.73 Å². The lowest BCUT2D eigenvalue weighted by molar-refractivity contribution is -0.130. The monoisotopic (exact) mass is 184 g/mol. The molecule has 0 saturated heterocycles. The molecule has 2 N–H and O–H groups in total. The van der Waals surface area contributed by atoms with Crippen LogP contribution >= 0.6 is 0 Å². The van der Waals surface area contributed by atoms with E-state index in [2.05, 4.69) is 0 Å². The number of hydrogen-bond donors (Lipinski definition) is 1. The number of carbonyl (C=O) groups is 2. The predicted molar refractivity (Wildman–Crippen MR) is 51.1 cm³/mol. The Balaban J connectivity index is 3.68. The van der Waals surface area contributed by atoms with Crippen molar-refractivity contribution in [1.82, 2.24) is 4.90 Å². The number of hydrogen-bond acceptors (Lipinski definition) is 3. The van der Waals surface area contributed by atoms with E-state index in [0.29, 0.717) is 19.5 Å². The number of aldehydes is 1.